The van der Waals surface area contributed by atoms with E-state index in [9.17, 15) is 27.0 Å². The maximum absolute atomic E-state index is 12.3. The first-order valence-corrected chi connectivity index (χ1v) is 8.98. The average molecular weight is 358 g/mol. The van der Waals surface area contributed by atoms with Gasteiger partial charge >= 0.3 is 12.3 Å². The van der Waals surface area contributed by atoms with Crippen molar-refractivity contribution in [1.29, 1.82) is 0 Å². The topological polar surface area (TPSA) is 84.8 Å². The molecular formula is C13H21F3N2O4S. The maximum Gasteiger partial charge on any atom is 0.408 e. The molecular weight excluding hydrogens is 337 g/mol. The highest BCUT2D eigenvalue weighted by Gasteiger charge is 2.32. The molecule has 0 radical (unpaired) electrons. The third kappa shape index (κ3) is 7.67. The lowest BCUT2D eigenvalue weighted by Crippen LogP contribution is -2.46. The van der Waals surface area contributed by atoms with Crippen LogP contribution in [0.15, 0.2) is 4.36 Å². The van der Waals surface area contributed by atoms with Crippen LogP contribution in [-0.2, 0) is 19.3 Å². The van der Waals surface area contributed by atoms with Crippen LogP contribution in [0.5, 0.6) is 0 Å². The number of rotatable bonds is 4. The van der Waals surface area contributed by atoms with Gasteiger partial charge in [0.1, 0.15) is 11.6 Å². The molecule has 0 unspecified atom stereocenters. The summed E-state index contributed by atoms with van der Waals surface area (Å²) in [6.45, 7) is 4.98. The molecule has 1 heterocycles. The van der Waals surface area contributed by atoms with Crippen LogP contribution in [0.25, 0.3) is 0 Å². The highest BCUT2D eigenvalue weighted by atomic mass is 32.2. The normalized spacial score (nSPS) is 25.7. The monoisotopic (exact) mass is 358 g/mol. The number of halogens is 3. The van der Waals surface area contributed by atoms with Gasteiger partial charge in [0.2, 0.25) is 0 Å². The molecule has 1 N–H and O–H groups in total. The number of nitrogens with zero attached hydrogens (tertiary/aromatic N) is 1. The molecule has 2 amide bonds. The van der Waals surface area contributed by atoms with Gasteiger partial charge in [-0.25, -0.2) is 9.00 Å². The summed E-state index contributed by atoms with van der Waals surface area (Å²) < 4.78 is 57.1. The molecule has 0 fully saturated rings. The van der Waals surface area contributed by atoms with E-state index in [1.165, 1.54) is 0 Å². The predicted molar refractivity (Wildman–Crippen MR) is 78.4 cm³/mol. The van der Waals surface area contributed by atoms with Gasteiger partial charge < -0.3 is 10.1 Å². The van der Waals surface area contributed by atoms with Crippen LogP contribution in [0, 0.1) is 0 Å². The zero-order valence-electron chi connectivity index (χ0n) is 13.2. The predicted octanol–water partition coefficient (Wildman–Crippen LogP) is 2.62. The highest BCUT2D eigenvalue weighted by Crippen LogP contribution is 2.23. The smallest absolute Gasteiger partial charge is 0.408 e. The van der Waals surface area contributed by atoms with Gasteiger partial charge in [0.25, 0.3) is 5.91 Å². The fourth-order valence-electron chi connectivity index (χ4n) is 1.93. The number of alkyl halides is 3. The van der Waals surface area contributed by atoms with Gasteiger partial charge in [0.05, 0.1) is 9.73 Å². The van der Waals surface area contributed by atoms with Gasteiger partial charge in [-0.1, -0.05) is 0 Å². The van der Waals surface area contributed by atoms with Crippen molar-refractivity contribution in [3.05, 3.63) is 0 Å². The van der Waals surface area contributed by atoms with Crippen molar-refractivity contribution in [3.63, 3.8) is 0 Å². The highest BCUT2D eigenvalue weighted by molar-refractivity contribution is 7.93. The standard InChI is InChI=1S/C13H21F3N2O4S/c1-12(2,3)22-11(20)17-9-5-8-23(21,18-10(9)19)7-4-6-13(14,15)16/h9H,4-8H2,1-3H3,(H,17,20)/t9-,23-/m0/s1. The Morgan fingerprint density at radius 1 is 1.39 bits per heavy atom. The number of nitrogens with one attached hydrogen (secondary N) is 1. The zero-order chi connectivity index (χ0) is 17.9. The summed E-state index contributed by atoms with van der Waals surface area (Å²) in [5.41, 5.74) is -0.732. The molecule has 10 heteroatoms. The second-order valence-electron chi connectivity index (χ2n) is 6.32. The van der Waals surface area contributed by atoms with Gasteiger partial charge in [0.15, 0.2) is 0 Å². The summed E-state index contributed by atoms with van der Waals surface area (Å²) in [7, 11) is -2.98. The van der Waals surface area contributed by atoms with Crippen molar-refractivity contribution in [2.24, 2.45) is 4.36 Å². The number of carbonyl (C=O) groups is 2. The molecule has 0 aromatic carbocycles. The van der Waals surface area contributed by atoms with Crippen LogP contribution in [0.1, 0.15) is 40.0 Å². The summed E-state index contributed by atoms with van der Waals surface area (Å²) >= 11 is 0. The van der Waals surface area contributed by atoms with E-state index < -0.39 is 46.0 Å². The molecule has 0 aliphatic carbocycles. The molecule has 6 nitrogen and oxygen atoms in total. The molecule has 0 spiro atoms. The Bertz CT molecular complexity index is 575. The summed E-state index contributed by atoms with van der Waals surface area (Å²) in [4.78, 5) is 23.4. The number of hydrogen-bond acceptors (Lipinski definition) is 4. The maximum atomic E-state index is 12.3. The Balaban J connectivity index is 2.60. The van der Waals surface area contributed by atoms with E-state index in [1.807, 2.05) is 0 Å². The van der Waals surface area contributed by atoms with Gasteiger partial charge in [-0.3, -0.25) is 4.79 Å². The second-order valence-corrected chi connectivity index (χ2v) is 8.86. The van der Waals surface area contributed by atoms with E-state index in [-0.39, 0.29) is 24.3 Å². The zero-order valence-corrected chi connectivity index (χ0v) is 14.1. The molecule has 1 aliphatic heterocycles. The lowest BCUT2D eigenvalue weighted by atomic mass is 10.2. The first-order valence-electron chi connectivity index (χ1n) is 7.12. The number of hydrogen-bond donors (Lipinski definition) is 1. The van der Waals surface area contributed by atoms with E-state index in [0.717, 1.165) is 0 Å². The molecule has 1 rings (SSSR count). The van der Waals surface area contributed by atoms with Crippen LogP contribution in [0.2, 0.25) is 0 Å². The first-order chi connectivity index (χ1) is 10.3. The summed E-state index contributed by atoms with van der Waals surface area (Å²) in [5.74, 6) is -1.10. The fourth-order valence-corrected chi connectivity index (χ4v) is 3.97. The van der Waals surface area contributed by atoms with Crippen LogP contribution < -0.4 is 5.32 Å². The van der Waals surface area contributed by atoms with E-state index in [1.54, 1.807) is 20.8 Å². The van der Waals surface area contributed by atoms with Crippen LogP contribution in [-0.4, -0.2) is 45.5 Å². The van der Waals surface area contributed by atoms with Crippen molar-refractivity contribution in [2.45, 2.75) is 57.9 Å². The molecule has 134 valence electrons. The van der Waals surface area contributed by atoms with Gasteiger partial charge in [-0.2, -0.15) is 17.5 Å². The van der Waals surface area contributed by atoms with E-state index in [4.69, 9.17) is 4.74 Å². The Hall–Kier alpha value is -1.32. The molecule has 2 atom stereocenters. The number of amides is 2. The molecule has 0 saturated heterocycles. The molecule has 1 aliphatic rings. The van der Waals surface area contributed by atoms with Crippen molar-refractivity contribution >= 4 is 21.7 Å². The number of ether oxygens (including phenoxy) is 1. The summed E-state index contributed by atoms with van der Waals surface area (Å²) in [6.07, 6.45) is -6.46. The minimum atomic E-state index is -4.32. The third-order valence-corrected chi connectivity index (χ3v) is 5.21. The Morgan fingerprint density at radius 2 is 2.00 bits per heavy atom. The van der Waals surface area contributed by atoms with Crippen LogP contribution in [0.4, 0.5) is 18.0 Å². The van der Waals surface area contributed by atoms with E-state index in [2.05, 4.69) is 9.68 Å². The molecule has 0 aromatic rings. The van der Waals surface area contributed by atoms with Crippen molar-refractivity contribution in [1.82, 2.24) is 5.32 Å². The lowest BCUT2D eigenvalue weighted by Gasteiger charge is -2.25. The largest absolute Gasteiger partial charge is 0.444 e. The van der Waals surface area contributed by atoms with Crippen LogP contribution in [0.3, 0.4) is 0 Å². The van der Waals surface area contributed by atoms with Crippen molar-refractivity contribution in [2.75, 3.05) is 11.5 Å². The van der Waals surface area contributed by atoms with Gasteiger partial charge in [-0.15, -0.1) is 0 Å². The van der Waals surface area contributed by atoms with Gasteiger partial charge in [0, 0.05) is 17.9 Å². The van der Waals surface area contributed by atoms with Crippen molar-refractivity contribution in [3.8, 4) is 0 Å². The van der Waals surface area contributed by atoms with E-state index >= 15 is 0 Å². The van der Waals surface area contributed by atoms with Gasteiger partial charge in [-0.05, 0) is 33.6 Å². The summed E-state index contributed by atoms with van der Waals surface area (Å²) in [5, 5.41) is 2.33. The molecule has 0 aromatic heterocycles. The lowest BCUT2D eigenvalue weighted by molar-refractivity contribution is -0.134. The third-order valence-electron chi connectivity index (χ3n) is 2.89. The SMILES string of the molecule is CC(C)(C)OC(=O)N[C@H]1CC[S@@](=O)(CCCC(F)(F)F)=NC1=O. The fraction of sp³-hybridized carbons (Fsp3) is 0.846. The first kappa shape index (κ1) is 19.7. The Morgan fingerprint density at radius 3 is 2.48 bits per heavy atom. The van der Waals surface area contributed by atoms with Crippen molar-refractivity contribution < 1.29 is 31.7 Å². The Kier molecular flexibility index (Phi) is 6.06. The second kappa shape index (κ2) is 7.06. The quantitative estimate of drug-likeness (QED) is 0.837. The Labute approximate surface area is 133 Å². The molecule has 23 heavy (non-hydrogen) atoms. The number of alkyl carbamates (subject to hydrolysis) is 1. The van der Waals surface area contributed by atoms with Crippen LogP contribution >= 0.6 is 0 Å². The molecule has 0 bridgehead atoms. The van der Waals surface area contributed by atoms with E-state index in [0.29, 0.717) is 0 Å². The minimum absolute atomic E-state index is 0.0307. The number of carbonyl (C=O) groups excluding carboxylic acids is 2. The minimum Gasteiger partial charge on any atom is -0.444 e. The summed E-state index contributed by atoms with van der Waals surface area (Å²) in [6, 6.07) is -0.956. The molecule has 0 saturated carbocycles. The average Bonchev–Trinajstić information content (AvgIpc) is 2.29.